The molecule has 0 amide bonds. The highest BCUT2D eigenvalue weighted by atomic mass is 19.1. The van der Waals surface area contributed by atoms with Gasteiger partial charge in [0, 0.05) is 16.6 Å². The van der Waals surface area contributed by atoms with Gasteiger partial charge in [-0.05, 0) is 61.7 Å². The molecule has 3 nitrogen and oxygen atoms in total. The van der Waals surface area contributed by atoms with E-state index in [2.05, 4.69) is 4.98 Å². The third kappa shape index (κ3) is 2.46. The quantitative estimate of drug-likeness (QED) is 0.748. The first kappa shape index (κ1) is 15.2. The average Bonchev–Trinajstić information content (AvgIpc) is 2.50. The summed E-state index contributed by atoms with van der Waals surface area (Å²) in [6, 6.07) is 9.70. The van der Waals surface area contributed by atoms with Gasteiger partial charge in [0.1, 0.15) is 5.82 Å². The lowest BCUT2D eigenvalue weighted by Crippen LogP contribution is -2.01. The molecule has 3 aromatic rings. The van der Waals surface area contributed by atoms with Gasteiger partial charge in [-0.3, -0.25) is 4.98 Å². The van der Waals surface area contributed by atoms with Crippen LogP contribution in [0.4, 0.5) is 4.39 Å². The molecule has 0 fully saturated rings. The van der Waals surface area contributed by atoms with Crippen LogP contribution >= 0.6 is 0 Å². The van der Waals surface area contributed by atoms with Crippen molar-refractivity contribution in [2.24, 2.45) is 0 Å². The average molecular weight is 309 g/mol. The zero-order valence-corrected chi connectivity index (χ0v) is 13.1. The van der Waals surface area contributed by atoms with Crippen LogP contribution in [0, 0.1) is 26.6 Å². The fourth-order valence-electron chi connectivity index (χ4n) is 2.88. The van der Waals surface area contributed by atoms with Crippen LogP contribution in [0.25, 0.3) is 22.0 Å². The van der Waals surface area contributed by atoms with E-state index in [4.69, 9.17) is 0 Å². The molecule has 23 heavy (non-hydrogen) atoms. The number of aromatic nitrogens is 1. The van der Waals surface area contributed by atoms with Gasteiger partial charge in [0.25, 0.3) is 0 Å². The van der Waals surface area contributed by atoms with E-state index < -0.39 is 5.97 Å². The van der Waals surface area contributed by atoms with E-state index in [-0.39, 0.29) is 11.4 Å². The summed E-state index contributed by atoms with van der Waals surface area (Å²) >= 11 is 0. The Balaban J connectivity index is 2.49. The molecular formula is C19H16FNO2. The van der Waals surface area contributed by atoms with E-state index in [1.165, 1.54) is 12.1 Å². The van der Waals surface area contributed by atoms with Crippen molar-refractivity contribution in [1.82, 2.24) is 4.98 Å². The molecule has 0 bridgehead atoms. The second-order valence-electron chi connectivity index (χ2n) is 5.67. The van der Waals surface area contributed by atoms with Crippen LogP contribution in [-0.4, -0.2) is 16.1 Å². The lowest BCUT2D eigenvalue weighted by Gasteiger charge is -2.16. The highest BCUT2D eigenvalue weighted by Gasteiger charge is 2.18. The van der Waals surface area contributed by atoms with E-state index in [1.54, 1.807) is 18.2 Å². The van der Waals surface area contributed by atoms with Crippen LogP contribution < -0.4 is 0 Å². The second-order valence-corrected chi connectivity index (χ2v) is 5.67. The van der Waals surface area contributed by atoms with Crippen molar-refractivity contribution in [3.8, 4) is 11.1 Å². The maximum atomic E-state index is 14.5. The Bertz CT molecular complexity index is 927. The van der Waals surface area contributed by atoms with E-state index in [1.807, 2.05) is 26.8 Å². The van der Waals surface area contributed by atoms with Gasteiger partial charge < -0.3 is 5.11 Å². The molecule has 116 valence electrons. The number of halogens is 1. The second kappa shape index (κ2) is 5.47. The fraction of sp³-hybridized carbons (Fsp3) is 0.158. The summed E-state index contributed by atoms with van der Waals surface area (Å²) < 4.78 is 14.5. The molecule has 0 saturated carbocycles. The number of aryl methyl sites for hydroxylation is 2. The Labute approximate surface area is 133 Å². The predicted octanol–water partition coefficient (Wildman–Crippen LogP) is 4.66. The van der Waals surface area contributed by atoms with E-state index in [9.17, 15) is 14.3 Å². The van der Waals surface area contributed by atoms with Gasteiger partial charge in [-0.25, -0.2) is 9.18 Å². The Morgan fingerprint density at radius 2 is 1.83 bits per heavy atom. The Morgan fingerprint density at radius 1 is 1.09 bits per heavy atom. The van der Waals surface area contributed by atoms with Crippen LogP contribution in [0.1, 0.15) is 27.2 Å². The number of hydrogen-bond acceptors (Lipinski definition) is 2. The van der Waals surface area contributed by atoms with Gasteiger partial charge in [-0.15, -0.1) is 0 Å². The molecule has 0 saturated heterocycles. The van der Waals surface area contributed by atoms with Crippen molar-refractivity contribution < 1.29 is 14.3 Å². The number of rotatable bonds is 2. The van der Waals surface area contributed by atoms with Crippen molar-refractivity contribution >= 4 is 16.9 Å². The summed E-state index contributed by atoms with van der Waals surface area (Å²) in [7, 11) is 0. The minimum absolute atomic E-state index is 0.165. The lowest BCUT2D eigenvalue weighted by atomic mass is 9.91. The first-order valence-electron chi connectivity index (χ1n) is 7.30. The molecule has 2 aromatic carbocycles. The number of carboxylic acid groups (broad SMARTS) is 1. The van der Waals surface area contributed by atoms with E-state index >= 15 is 0 Å². The van der Waals surface area contributed by atoms with Gasteiger partial charge in [-0.1, -0.05) is 12.1 Å². The van der Waals surface area contributed by atoms with E-state index in [0.29, 0.717) is 22.0 Å². The third-order valence-electron chi connectivity index (χ3n) is 4.19. The number of nitrogens with zero attached hydrogens (tertiary/aromatic N) is 1. The maximum Gasteiger partial charge on any atom is 0.335 e. The Kier molecular flexibility index (Phi) is 3.60. The number of carboxylic acids is 1. The zero-order chi connectivity index (χ0) is 16.7. The molecule has 4 heteroatoms. The molecule has 1 heterocycles. The smallest absolute Gasteiger partial charge is 0.335 e. The van der Waals surface area contributed by atoms with E-state index in [0.717, 1.165) is 16.8 Å². The fourth-order valence-corrected chi connectivity index (χ4v) is 2.88. The maximum absolute atomic E-state index is 14.5. The lowest BCUT2D eigenvalue weighted by molar-refractivity contribution is 0.0697. The predicted molar refractivity (Wildman–Crippen MR) is 88.3 cm³/mol. The molecule has 3 rings (SSSR count). The standard InChI is InChI=1S/C19H16FNO2/c1-10-5-4-6-15(20)17(10)18-11(2)12(3)21-16-8-7-13(19(22)23)9-14(16)18/h4-9H,1-3H3,(H,22,23). The third-order valence-corrected chi connectivity index (χ3v) is 4.19. The zero-order valence-electron chi connectivity index (χ0n) is 13.1. The van der Waals surface area contributed by atoms with Crippen LogP contribution in [0.5, 0.6) is 0 Å². The summed E-state index contributed by atoms with van der Waals surface area (Å²) in [6.07, 6.45) is 0. The molecule has 0 unspecified atom stereocenters. The summed E-state index contributed by atoms with van der Waals surface area (Å²) in [4.78, 5) is 15.8. The number of fused-ring (bicyclic) bond motifs is 1. The Hall–Kier alpha value is -2.75. The molecule has 0 spiro atoms. The molecule has 0 atom stereocenters. The number of benzene rings is 2. The SMILES string of the molecule is Cc1cccc(F)c1-c1c(C)c(C)nc2ccc(C(=O)O)cc12. The number of aromatic carboxylic acids is 1. The minimum atomic E-state index is -1.01. The normalized spacial score (nSPS) is 11.0. The van der Waals surface area contributed by atoms with Crippen LogP contribution in [-0.2, 0) is 0 Å². The first-order chi connectivity index (χ1) is 10.9. The molecular weight excluding hydrogens is 293 g/mol. The van der Waals surface area contributed by atoms with Crippen LogP contribution in [0.3, 0.4) is 0 Å². The Morgan fingerprint density at radius 3 is 2.48 bits per heavy atom. The van der Waals surface area contributed by atoms with Crippen molar-refractivity contribution in [2.45, 2.75) is 20.8 Å². The number of hydrogen-bond donors (Lipinski definition) is 1. The topological polar surface area (TPSA) is 50.2 Å². The van der Waals surface area contributed by atoms with Gasteiger partial charge >= 0.3 is 5.97 Å². The summed E-state index contributed by atoms with van der Waals surface area (Å²) in [5.41, 5.74) is 4.51. The number of pyridine rings is 1. The van der Waals surface area contributed by atoms with Gasteiger partial charge in [0.2, 0.25) is 0 Å². The molecule has 0 aliphatic rings. The van der Waals surface area contributed by atoms with Gasteiger partial charge in [0.15, 0.2) is 0 Å². The van der Waals surface area contributed by atoms with Crippen LogP contribution in [0.15, 0.2) is 36.4 Å². The largest absolute Gasteiger partial charge is 0.478 e. The molecule has 0 aliphatic carbocycles. The highest BCUT2D eigenvalue weighted by Crippen LogP contribution is 2.36. The summed E-state index contributed by atoms with van der Waals surface area (Å²) in [5, 5.41) is 9.90. The minimum Gasteiger partial charge on any atom is -0.478 e. The number of carbonyl (C=O) groups is 1. The van der Waals surface area contributed by atoms with Crippen molar-refractivity contribution in [3.05, 3.63) is 64.6 Å². The molecule has 0 radical (unpaired) electrons. The van der Waals surface area contributed by atoms with Gasteiger partial charge in [-0.2, -0.15) is 0 Å². The van der Waals surface area contributed by atoms with Crippen LogP contribution in [0.2, 0.25) is 0 Å². The van der Waals surface area contributed by atoms with Crippen molar-refractivity contribution in [3.63, 3.8) is 0 Å². The van der Waals surface area contributed by atoms with Crippen molar-refractivity contribution in [2.75, 3.05) is 0 Å². The monoisotopic (exact) mass is 309 g/mol. The first-order valence-corrected chi connectivity index (χ1v) is 7.30. The highest BCUT2D eigenvalue weighted by molar-refractivity contribution is 6.01. The molecule has 1 N–H and O–H groups in total. The molecule has 0 aliphatic heterocycles. The van der Waals surface area contributed by atoms with Crippen molar-refractivity contribution in [1.29, 1.82) is 0 Å². The molecule has 1 aromatic heterocycles. The van der Waals surface area contributed by atoms with Gasteiger partial charge in [0.05, 0.1) is 11.1 Å². The summed E-state index contributed by atoms with van der Waals surface area (Å²) in [5.74, 6) is -1.33. The summed E-state index contributed by atoms with van der Waals surface area (Å²) in [6.45, 7) is 5.61.